The van der Waals surface area contributed by atoms with Crippen LogP contribution in [0.5, 0.6) is 0 Å². The summed E-state index contributed by atoms with van der Waals surface area (Å²) in [6.45, 7) is 2.09. The Labute approximate surface area is 131 Å². The molecule has 0 atom stereocenters. The highest BCUT2D eigenvalue weighted by atomic mass is 32.2. The third-order valence-corrected chi connectivity index (χ3v) is 6.00. The van der Waals surface area contributed by atoms with Crippen molar-refractivity contribution in [2.45, 2.75) is 44.0 Å². The predicted octanol–water partition coefficient (Wildman–Crippen LogP) is 3.29. The van der Waals surface area contributed by atoms with Gasteiger partial charge in [0.1, 0.15) is 11.5 Å². The van der Waals surface area contributed by atoms with Crippen molar-refractivity contribution in [1.29, 1.82) is 0 Å². The fourth-order valence-electron chi connectivity index (χ4n) is 2.92. The van der Waals surface area contributed by atoms with E-state index in [-0.39, 0.29) is 6.54 Å². The first kappa shape index (κ1) is 15.3. The van der Waals surface area contributed by atoms with Crippen molar-refractivity contribution >= 4 is 10.0 Å². The summed E-state index contributed by atoms with van der Waals surface area (Å²) < 4.78 is 32.2. The second-order valence-electron chi connectivity index (χ2n) is 5.91. The van der Waals surface area contributed by atoms with Crippen LogP contribution >= 0.6 is 0 Å². The molecule has 1 heterocycles. The maximum Gasteiger partial charge on any atom is 0.243 e. The van der Waals surface area contributed by atoms with E-state index >= 15 is 0 Å². The number of aryl methyl sites for hydroxylation is 3. The van der Waals surface area contributed by atoms with Gasteiger partial charge in [0.25, 0.3) is 0 Å². The summed E-state index contributed by atoms with van der Waals surface area (Å²) in [5.41, 5.74) is 2.46. The first-order valence-electron chi connectivity index (χ1n) is 7.60. The van der Waals surface area contributed by atoms with Gasteiger partial charge in [-0.2, -0.15) is 4.31 Å². The van der Waals surface area contributed by atoms with Gasteiger partial charge in [-0.25, -0.2) is 8.42 Å². The lowest BCUT2D eigenvalue weighted by Gasteiger charge is -2.19. The molecule has 0 bridgehead atoms. The molecule has 3 rings (SSSR count). The molecular weight excluding hydrogens is 298 g/mol. The third kappa shape index (κ3) is 2.96. The molecule has 0 radical (unpaired) electrons. The van der Waals surface area contributed by atoms with Crippen LogP contribution in [0, 0.1) is 6.92 Å². The summed E-state index contributed by atoms with van der Waals surface area (Å²) in [6.07, 6.45) is 4.35. The lowest BCUT2D eigenvalue weighted by molar-refractivity contribution is 0.397. The Hall–Kier alpha value is -1.59. The molecule has 0 saturated heterocycles. The SMILES string of the molecule is Cc1ccc(CN(C)S(=O)(=O)c2ccc3c(c2)CCCC3)o1. The molecule has 1 aromatic heterocycles. The van der Waals surface area contributed by atoms with Gasteiger partial charge in [-0.3, -0.25) is 0 Å². The molecule has 0 unspecified atom stereocenters. The molecule has 5 heteroatoms. The minimum absolute atomic E-state index is 0.243. The standard InChI is InChI=1S/C17H21NO3S/c1-13-7-9-16(21-13)12-18(2)22(19,20)17-10-8-14-5-3-4-6-15(14)11-17/h7-11H,3-6,12H2,1-2H3. The fraction of sp³-hybridized carbons (Fsp3) is 0.412. The Morgan fingerprint density at radius 2 is 1.82 bits per heavy atom. The number of benzene rings is 1. The number of furan rings is 1. The fourth-order valence-corrected chi connectivity index (χ4v) is 4.11. The van der Waals surface area contributed by atoms with E-state index in [1.54, 1.807) is 13.1 Å². The van der Waals surface area contributed by atoms with Crippen molar-refractivity contribution in [2.24, 2.45) is 0 Å². The molecule has 22 heavy (non-hydrogen) atoms. The third-order valence-electron chi connectivity index (χ3n) is 4.20. The van der Waals surface area contributed by atoms with Gasteiger partial charge in [-0.1, -0.05) is 6.07 Å². The van der Waals surface area contributed by atoms with Crippen molar-refractivity contribution in [3.8, 4) is 0 Å². The minimum atomic E-state index is -3.49. The largest absolute Gasteiger partial charge is 0.465 e. The van der Waals surface area contributed by atoms with E-state index in [2.05, 4.69) is 0 Å². The van der Waals surface area contributed by atoms with Gasteiger partial charge in [-0.05, 0) is 68.0 Å². The second kappa shape index (κ2) is 5.89. The molecular formula is C17H21NO3S. The number of rotatable bonds is 4. The van der Waals surface area contributed by atoms with E-state index in [1.807, 2.05) is 31.2 Å². The highest BCUT2D eigenvalue weighted by molar-refractivity contribution is 7.89. The van der Waals surface area contributed by atoms with Crippen LogP contribution in [0.25, 0.3) is 0 Å². The highest BCUT2D eigenvalue weighted by Gasteiger charge is 2.23. The molecule has 0 aliphatic heterocycles. The number of fused-ring (bicyclic) bond motifs is 1. The second-order valence-corrected chi connectivity index (χ2v) is 7.96. The Morgan fingerprint density at radius 3 is 2.50 bits per heavy atom. The molecule has 0 saturated carbocycles. The summed E-state index contributed by atoms with van der Waals surface area (Å²) in [7, 11) is -1.90. The molecule has 0 N–H and O–H groups in total. The van der Waals surface area contributed by atoms with Crippen LogP contribution < -0.4 is 0 Å². The van der Waals surface area contributed by atoms with Gasteiger partial charge in [-0.15, -0.1) is 0 Å². The molecule has 0 spiro atoms. The first-order valence-corrected chi connectivity index (χ1v) is 9.04. The Morgan fingerprint density at radius 1 is 1.09 bits per heavy atom. The Balaban J connectivity index is 1.85. The van der Waals surface area contributed by atoms with Gasteiger partial charge in [0.15, 0.2) is 0 Å². The Kier molecular flexibility index (Phi) is 4.10. The quantitative estimate of drug-likeness (QED) is 0.869. The maximum atomic E-state index is 12.7. The first-order chi connectivity index (χ1) is 10.5. The van der Waals surface area contributed by atoms with Gasteiger partial charge in [0.05, 0.1) is 11.4 Å². The molecule has 2 aromatic rings. The molecule has 1 aliphatic rings. The molecule has 1 aliphatic carbocycles. The average molecular weight is 319 g/mol. The molecule has 0 fully saturated rings. The summed E-state index contributed by atoms with van der Waals surface area (Å²) in [5, 5.41) is 0. The number of hydrogen-bond donors (Lipinski definition) is 0. The van der Waals surface area contributed by atoms with E-state index in [4.69, 9.17) is 4.42 Å². The summed E-state index contributed by atoms with van der Waals surface area (Å²) in [5.74, 6) is 1.44. The normalized spacial score (nSPS) is 15.0. The maximum absolute atomic E-state index is 12.7. The van der Waals surface area contributed by atoms with E-state index in [0.29, 0.717) is 10.7 Å². The minimum Gasteiger partial charge on any atom is -0.465 e. The molecule has 1 aromatic carbocycles. The topological polar surface area (TPSA) is 50.5 Å². The summed E-state index contributed by atoms with van der Waals surface area (Å²) in [4.78, 5) is 0.374. The van der Waals surface area contributed by atoms with Crippen molar-refractivity contribution in [2.75, 3.05) is 7.05 Å². The van der Waals surface area contributed by atoms with Gasteiger partial charge >= 0.3 is 0 Å². The van der Waals surface area contributed by atoms with Crippen molar-refractivity contribution in [3.63, 3.8) is 0 Å². The number of hydrogen-bond acceptors (Lipinski definition) is 3. The van der Waals surface area contributed by atoms with E-state index in [9.17, 15) is 8.42 Å². The van der Waals surface area contributed by atoms with Crippen LogP contribution in [0.15, 0.2) is 39.6 Å². The zero-order valence-corrected chi connectivity index (χ0v) is 13.8. The van der Waals surface area contributed by atoms with Gasteiger partial charge in [0, 0.05) is 7.05 Å². The van der Waals surface area contributed by atoms with Crippen LogP contribution in [-0.4, -0.2) is 19.8 Å². The van der Waals surface area contributed by atoms with Crippen molar-refractivity contribution in [3.05, 3.63) is 53.0 Å². The van der Waals surface area contributed by atoms with Gasteiger partial charge < -0.3 is 4.42 Å². The van der Waals surface area contributed by atoms with Crippen LogP contribution in [0.3, 0.4) is 0 Å². The van der Waals surface area contributed by atoms with Gasteiger partial charge in [0.2, 0.25) is 10.0 Å². The van der Waals surface area contributed by atoms with Crippen molar-refractivity contribution < 1.29 is 12.8 Å². The zero-order chi connectivity index (χ0) is 15.7. The summed E-state index contributed by atoms with van der Waals surface area (Å²) >= 11 is 0. The smallest absolute Gasteiger partial charge is 0.243 e. The van der Waals surface area contributed by atoms with E-state index in [0.717, 1.165) is 25.0 Å². The lowest BCUT2D eigenvalue weighted by Crippen LogP contribution is -2.26. The molecule has 0 amide bonds. The Bertz CT molecular complexity index is 777. The molecule has 4 nitrogen and oxygen atoms in total. The number of nitrogens with zero attached hydrogens (tertiary/aromatic N) is 1. The van der Waals surface area contributed by atoms with E-state index in [1.165, 1.54) is 21.9 Å². The van der Waals surface area contributed by atoms with Crippen LogP contribution in [0.1, 0.15) is 35.5 Å². The van der Waals surface area contributed by atoms with Crippen molar-refractivity contribution in [1.82, 2.24) is 4.31 Å². The van der Waals surface area contributed by atoms with E-state index < -0.39 is 10.0 Å². The van der Waals surface area contributed by atoms with Crippen LogP contribution in [0.4, 0.5) is 0 Å². The number of sulfonamides is 1. The average Bonchev–Trinajstić information content (AvgIpc) is 2.91. The van der Waals surface area contributed by atoms with Crippen LogP contribution in [0.2, 0.25) is 0 Å². The lowest BCUT2D eigenvalue weighted by atomic mass is 9.92. The highest BCUT2D eigenvalue weighted by Crippen LogP contribution is 2.26. The summed E-state index contributed by atoms with van der Waals surface area (Å²) in [6, 6.07) is 9.19. The van der Waals surface area contributed by atoms with Crippen LogP contribution in [-0.2, 0) is 29.4 Å². The zero-order valence-electron chi connectivity index (χ0n) is 13.0. The molecule has 118 valence electrons. The monoisotopic (exact) mass is 319 g/mol. The predicted molar refractivity (Wildman–Crippen MR) is 85.2 cm³/mol.